The summed E-state index contributed by atoms with van der Waals surface area (Å²) in [6.07, 6.45) is -0.806. The van der Waals surface area contributed by atoms with E-state index >= 15 is 0 Å². The molecule has 1 aliphatic rings. The van der Waals surface area contributed by atoms with Crippen molar-refractivity contribution in [3.05, 3.63) is 18.2 Å². The molecular formula is C13H14O6. The topological polar surface area (TPSA) is 71.1 Å². The van der Waals surface area contributed by atoms with Crippen LogP contribution in [0.3, 0.4) is 0 Å². The standard InChI is InChI=1S/C13H14O6/c1-3-16-13(15)12-7-17-10-5-4-9(18-8(2)14)6-11(10)19-12/h4-6,12H,3,7H2,1-2H3/t12-/m0/s1. The van der Waals surface area contributed by atoms with E-state index in [-0.39, 0.29) is 13.2 Å². The van der Waals surface area contributed by atoms with Crippen LogP contribution in [-0.4, -0.2) is 31.3 Å². The van der Waals surface area contributed by atoms with E-state index in [4.69, 9.17) is 18.9 Å². The Morgan fingerprint density at radius 1 is 1.37 bits per heavy atom. The summed E-state index contributed by atoms with van der Waals surface area (Å²) in [4.78, 5) is 22.4. The van der Waals surface area contributed by atoms with Gasteiger partial charge < -0.3 is 18.9 Å². The summed E-state index contributed by atoms with van der Waals surface area (Å²) >= 11 is 0. The van der Waals surface area contributed by atoms with Gasteiger partial charge in [-0.25, -0.2) is 4.79 Å². The van der Waals surface area contributed by atoms with Crippen LogP contribution in [-0.2, 0) is 14.3 Å². The van der Waals surface area contributed by atoms with E-state index in [0.29, 0.717) is 17.2 Å². The molecule has 0 aliphatic carbocycles. The molecule has 19 heavy (non-hydrogen) atoms. The second-order valence-electron chi connectivity index (χ2n) is 3.87. The number of carbonyl (C=O) groups is 2. The number of ether oxygens (including phenoxy) is 4. The molecule has 1 aliphatic heterocycles. The van der Waals surface area contributed by atoms with Crippen LogP contribution in [0.1, 0.15) is 13.8 Å². The summed E-state index contributed by atoms with van der Waals surface area (Å²) in [5, 5.41) is 0. The Kier molecular flexibility index (Phi) is 3.89. The minimum Gasteiger partial charge on any atom is -0.485 e. The summed E-state index contributed by atoms with van der Waals surface area (Å²) in [5.41, 5.74) is 0. The predicted molar refractivity (Wildman–Crippen MR) is 64.3 cm³/mol. The highest BCUT2D eigenvalue weighted by molar-refractivity contribution is 5.76. The first-order valence-electron chi connectivity index (χ1n) is 5.88. The number of rotatable bonds is 3. The molecule has 1 heterocycles. The van der Waals surface area contributed by atoms with Crippen molar-refractivity contribution in [1.82, 2.24) is 0 Å². The third kappa shape index (κ3) is 3.15. The van der Waals surface area contributed by atoms with Gasteiger partial charge in [0.2, 0.25) is 6.10 Å². The van der Waals surface area contributed by atoms with Crippen LogP contribution in [0.2, 0.25) is 0 Å². The number of benzene rings is 1. The third-order valence-corrected chi connectivity index (χ3v) is 2.39. The molecule has 0 amide bonds. The van der Waals surface area contributed by atoms with E-state index < -0.39 is 18.0 Å². The van der Waals surface area contributed by atoms with Gasteiger partial charge in [-0.05, 0) is 19.1 Å². The molecule has 0 fully saturated rings. The lowest BCUT2D eigenvalue weighted by atomic mass is 10.2. The summed E-state index contributed by atoms with van der Waals surface area (Å²) in [6, 6.07) is 4.71. The number of hydrogen-bond acceptors (Lipinski definition) is 6. The fourth-order valence-corrected chi connectivity index (χ4v) is 1.63. The zero-order valence-corrected chi connectivity index (χ0v) is 10.7. The first-order chi connectivity index (χ1) is 9.10. The lowest BCUT2D eigenvalue weighted by molar-refractivity contribution is -0.154. The maximum absolute atomic E-state index is 11.6. The molecule has 0 unspecified atom stereocenters. The van der Waals surface area contributed by atoms with Gasteiger partial charge in [-0.1, -0.05) is 0 Å². The minimum atomic E-state index is -0.806. The Morgan fingerprint density at radius 2 is 2.16 bits per heavy atom. The van der Waals surface area contributed by atoms with Crippen LogP contribution < -0.4 is 14.2 Å². The van der Waals surface area contributed by atoms with Gasteiger partial charge in [-0.2, -0.15) is 0 Å². The molecule has 0 aromatic heterocycles. The van der Waals surface area contributed by atoms with Crippen molar-refractivity contribution >= 4 is 11.9 Å². The lowest BCUT2D eigenvalue weighted by Crippen LogP contribution is -2.37. The van der Waals surface area contributed by atoms with Gasteiger partial charge in [-0.15, -0.1) is 0 Å². The molecule has 0 spiro atoms. The summed E-state index contributed by atoms with van der Waals surface area (Å²) < 4.78 is 20.7. The van der Waals surface area contributed by atoms with Gasteiger partial charge in [-0.3, -0.25) is 4.79 Å². The highest BCUT2D eigenvalue weighted by atomic mass is 16.6. The monoisotopic (exact) mass is 266 g/mol. The molecule has 1 aromatic rings. The van der Waals surface area contributed by atoms with Gasteiger partial charge in [0.25, 0.3) is 0 Å². The van der Waals surface area contributed by atoms with Crippen LogP contribution in [0.4, 0.5) is 0 Å². The van der Waals surface area contributed by atoms with Crippen LogP contribution in [0, 0.1) is 0 Å². The van der Waals surface area contributed by atoms with Crippen molar-refractivity contribution in [3.8, 4) is 17.2 Å². The molecule has 0 radical (unpaired) electrons. The molecule has 0 N–H and O–H groups in total. The van der Waals surface area contributed by atoms with Gasteiger partial charge in [0.1, 0.15) is 12.4 Å². The van der Waals surface area contributed by atoms with Crippen LogP contribution >= 0.6 is 0 Å². The summed E-state index contributed by atoms with van der Waals surface area (Å²) in [5.74, 6) is 0.267. The van der Waals surface area contributed by atoms with Gasteiger partial charge in [0.15, 0.2) is 11.5 Å². The Bertz CT molecular complexity index is 496. The van der Waals surface area contributed by atoms with Crippen LogP contribution in [0.5, 0.6) is 17.2 Å². The quantitative estimate of drug-likeness (QED) is 0.607. The molecule has 0 bridgehead atoms. The highest BCUT2D eigenvalue weighted by Gasteiger charge is 2.29. The van der Waals surface area contributed by atoms with Crippen LogP contribution in [0.25, 0.3) is 0 Å². The van der Waals surface area contributed by atoms with Crippen molar-refractivity contribution < 1.29 is 28.5 Å². The van der Waals surface area contributed by atoms with E-state index in [9.17, 15) is 9.59 Å². The maximum Gasteiger partial charge on any atom is 0.350 e. The minimum absolute atomic E-state index is 0.0960. The lowest BCUT2D eigenvalue weighted by Gasteiger charge is -2.25. The largest absolute Gasteiger partial charge is 0.485 e. The zero-order chi connectivity index (χ0) is 13.8. The fourth-order valence-electron chi connectivity index (χ4n) is 1.63. The van der Waals surface area contributed by atoms with Gasteiger partial charge >= 0.3 is 11.9 Å². The summed E-state index contributed by atoms with van der Waals surface area (Å²) in [7, 11) is 0. The molecular weight excluding hydrogens is 252 g/mol. The van der Waals surface area contributed by atoms with E-state index in [1.54, 1.807) is 19.1 Å². The predicted octanol–water partition coefficient (Wildman–Crippen LogP) is 1.31. The molecule has 1 aromatic carbocycles. The number of esters is 2. The number of carbonyl (C=O) groups excluding carboxylic acids is 2. The van der Waals surface area contributed by atoms with Crippen molar-refractivity contribution in [1.29, 1.82) is 0 Å². The van der Waals surface area contributed by atoms with Crippen LogP contribution in [0.15, 0.2) is 18.2 Å². The molecule has 0 saturated heterocycles. The number of fused-ring (bicyclic) bond motifs is 1. The molecule has 1 atom stereocenters. The molecule has 2 rings (SSSR count). The fraction of sp³-hybridized carbons (Fsp3) is 0.385. The van der Waals surface area contributed by atoms with Crippen molar-refractivity contribution in [2.75, 3.05) is 13.2 Å². The van der Waals surface area contributed by atoms with Crippen molar-refractivity contribution in [2.24, 2.45) is 0 Å². The van der Waals surface area contributed by atoms with Crippen molar-refractivity contribution in [2.45, 2.75) is 20.0 Å². The Balaban J connectivity index is 2.13. The third-order valence-electron chi connectivity index (χ3n) is 2.39. The van der Waals surface area contributed by atoms with Gasteiger partial charge in [0, 0.05) is 13.0 Å². The summed E-state index contributed by atoms with van der Waals surface area (Å²) in [6.45, 7) is 3.39. The smallest absolute Gasteiger partial charge is 0.350 e. The van der Waals surface area contributed by atoms with E-state index in [2.05, 4.69) is 0 Å². The highest BCUT2D eigenvalue weighted by Crippen LogP contribution is 2.35. The average Bonchev–Trinajstić information content (AvgIpc) is 2.37. The average molecular weight is 266 g/mol. The maximum atomic E-state index is 11.6. The van der Waals surface area contributed by atoms with E-state index in [1.807, 2.05) is 0 Å². The first-order valence-corrected chi connectivity index (χ1v) is 5.88. The SMILES string of the molecule is CCOC(=O)[C@@H]1COc2ccc(OC(C)=O)cc2O1. The van der Waals surface area contributed by atoms with Crippen molar-refractivity contribution in [3.63, 3.8) is 0 Å². The molecule has 6 nitrogen and oxygen atoms in total. The number of hydrogen-bond donors (Lipinski definition) is 0. The molecule has 102 valence electrons. The Labute approximate surface area is 110 Å². The molecule has 0 saturated carbocycles. The zero-order valence-electron chi connectivity index (χ0n) is 10.7. The second kappa shape index (κ2) is 5.60. The Hall–Kier alpha value is -2.24. The first kappa shape index (κ1) is 13.2. The normalized spacial score (nSPS) is 16.6. The molecule has 6 heteroatoms. The Morgan fingerprint density at radius 3 is 2.84 bits per heavy atom. The van der Waals surface area contributed by atoms with E-state index in [1.165, 1.54) is 13.0 Å². The van der Waals surface area contributed by atoms with Gasteiger partial charge in [0.05, 0.1) is 6.61 Å². The second-order valence-corrected chi connectivity index (χ2v) is 3.87. The van der Waals surface area contributed by atoms with E-state index in [0.717, 1.165) is 0 Å².